The third-order valence-electron chi connectivity index (χ3n) is 4.44. The Kier molecular flexibility index (Phi) is 4.38. The van der Waals surface area contributed by atoms with Crippen molar-refractivity contribution in [2.75, 3.05) is 13.1 Å². The van der Waals surface area contributed by atoms with Crippen LogP contribution in [0, 0.1) is 0 Å². The van der Waals surface area contributed by atoms with E-state index < -0.39 is 0 Å². The lowest BCUT2D eigenvalue weighted by atomic mass is 10.0. The van der Waals surface area contributed by atoms with E-state index in [0.717, 1.165) is 23.9 Å². The van der Waals surface area contributed by atoms with Crippen molar-refractivity contribution in [1.29, 1.82) is 0 Å². The summed E-state index contributed by atoms with van der Waals surface area (Å²) in [6.45, 7) is 4.71. The zero-order valence-corrected chi connectivity index (χ0v) is 13.7. The molecule has 0 bridgehead atoms. The maximum atomic E-state index is 5.85. The lowest BCUT2D eigenvalue weighted by Crippen LogP contribution is -2.38. The second-order valence-electron chi connectivity index (χ2n) is 6.09. The topological polar surface area (TPSA) is 42.2 Å². The summed E-state index contributed by atoms with van der Waals surface area (Å²) in [5.74, 6) is 0.630. The number of hydrogen-bond acceptors (Lipinski definition) is 4. The highest BCUT2D eigenvalue weighted by atomic mass is 32.1. The van der Waals surface area contributed by atoms with Crippen molar-refractivity contribution in [3.8, 4) is 0 Å². The third kappa shape index (κ3) is 3.21. The first-order valence-electron chi connectivity index (χ1n) is 7.68. The molecule has 3 rings (SSSR count). The molecule has 1 saturated heterocycles. The van der Waals surface area contributed by atoms with Crippen molar-refractivity contribution in [3.63, 3.8) is 0 Å². The van der Waals surface area contributed by atoms with Crippen LogP contribution < -0.4 is 5.73 Å². The van der Waals surface area contributed by atoms with Crippen LogP contribution in [0.3, 0.4) is 0 Å². The van der Waals surface area contributed by atoms with Crippen molar-refractivity contribution in [3.05, 3.63) is 15.6 Å². The van der Waals surface area contributed by atoms with Gasteiger partial charge in [0, 0.05) is 24.9 Å². The van der Waals surface area contributed by atoms with Crippen LogP contribution in [0.1, 0.15) is 60.5 Å². The van der Waals surface area contributed by atoms with Crippen molar-refractivity contribution < 1.29 is 0 Å². The Hall–Kier alpha value is -0.520. The number of rotatable bonds is 5. The minimum Gasteiger partial charge on any atom is -0.389 e. The first-order valence-corrected chi connectivity index (χ1v) is 8.91. The molecule has 1 aromatic rings. The molecule has 1 atom stereocenters. The molecular weight excluding hydrogens is 286 g/mol. The van der Waals surface area contributed by atoms with Crippen LogP contribution >= 0.6 is 23.6 Å². The summed E-state index contributed by atoms with van der Waals surface area (Å²) < 4.78 is 0. The smallest absolute Gasteiger partial charge is 0.116 e. The zero-order chi connectivity index (χ0) is 14.1. The normalized spacial score (nSPS) is 23.9. The van der Waals surface area contributed by atoms with Gasteiger partial charge in [-0.05, 0) is 39.2 Å². The largest absolute Gasteiger partial charge is 0.389 e. The summed E-state index contributed by atoms with van der Waals surface area (Å²) in [4.78, 5) is 9.03. The predicted molar refractivity (Wildman–Crippen MR) is 88.6 cm³/mol. The predicted octanol–water partition coefficient (Wildman–Crippen LogP) is 3.07. The van der Waals surface area contributed by atoms with Crippen LogP contribution in [0.5, 0.6) is 0 Å². The number of nitrogens with zero attached hydrogens (tertiary/aromatic N) is 2. The van der Waals surface area contributed by atoms with E-state index in [1.54, 1.807) is 11.3 Å². The average molecular weight is 310 g/mol. The molecule has 1 saturated carbocycles. The summed E-state index contributed by atoms with van der Waals surface area (Å²) in [6.07, 6.45) is 7.60. The summed E-state index contributed by atoms with van der Waals surface area (Å²) in [7, 11) is 0. The van der Waals surface area contributed by atoms with Crippen LogP contribution in [0.25, 0.3) is 0 Å². The molecule has 1 aliphatic carbocycles. The number of nitrogens with two attached hydrogens (primary N) is 1. The van der Waals surface area contributed by atoms with E-state index in [1.807, 2.05) is 0 Å². The SMILES string of the molecule is CC1CCCCN1CCc1nc(C2CC2)c(C(N)=S)s1. The number of aromatic nitrogens is 1. The van der Waals surface area contributed by atoms with Gasteiger partial charge in [-0.1, -0.05) is 18.6 Å². The molecule has 3 nitrogen and oxygen atoms in total. The molecule has 0 radical (unpaired) electrons. The quantitative estimate of drug-likeness (QED) is 0.849. The first-order chi connectivity index (χ1) is 9.65. The molecule has 1 aromatic heterocycles. The number of thiocarbonyl (C=S) groups is 1. The molecular formula is C15H23N3S2. The summed E-state index contributed by atoms with van der Waals surface area (Å²) >= 11 is 6.90. The van der Waals surface area contributed by atoms with Gasteiger partial charge in [0.1, 0.15) is 4.99 Å². The molecule has 0 spiro atoms. The van der Waals surface area contributed by atoms with Crippen LogP contribution in [0.15, 0.2) is 0 Å². The molecule has 5 heteroatoms. The average Bonchev–Trinajstić information content (AvgIpc) is 3.18. The third-order valence-corrected chi connectivity index (χ3v) is 5.94. The second-order valence-corrected chi connectivity index (χ2v) is 7.61. The molecule has 2 N–H and O–H groups in total. The lowest BCUT2D eigenvalue weighted by molar-refractivity contribution is 0.163. The highest BCUT2D eigenvalue weighted by Gasteiger charge is 2.30. The van der Waals surface area contributed by atoms with Gasteiger partial charge in [-0.15, -0.1) is 11.3 Å². The molecule has 2 aliphatic rings. The van der Waals surface area contributed by atoms with E-state index in [9.17, 15) is 0 Å². The van der Waals surface area contributed by atoms with Gasteiger partial charge in [-0.3, -0.25) is 0 Å². The molecule has 110 valence electrons. The maximum absolute atomic E-state index is 5.85. The van der Waals surface area contributed by atoms with Crippen LogP contribution in [-0.2, 0) is 6.42 Å². The molecule has 0 aromatic carbocycles. The van der Waals surface area contributed by atoms with E-state index in [0.29, 0.717) is 10.9 Å². The van der Waals surface area contributed by atoms with Gasteiger partial charge in [0.2, 0.25) is 0 Å². The fourth-order valence-electron chi connectivity index (χ4n) is 3.02. The van der Waals surface area contributed by atoms with Gasteiger partial charge in [0.05, 0.1) is 15.6 Å². The van der Waals surface area contributed by atoms with Crippen LogP contribution in [-0.4, -0.2) is 34.0 Å². The Bertz CT molecular complexity index is 493. The Labute approximate surface area is 130 Å². The van der Waals surface area contributed by atoms with Gasteiger partial charge in [0.15, 0.2) is 0 Å². The standard InChI is InChI=1S/C15H23N3S2/c1-10-4-2-3-8-18(10)9-7-12-17-13(11-5-6-11)14(20-12)15(16)19/h10-11H,2-9H2,1H3,(H2,16,19). The minimum absolute atomic E-state index is 0.530. The fraction of sp³-hybridized carbons (Fsp3) is 0.733. The molecule has 2 fully saturated rings. The Balaban J connectivity index is 1.65. The van der Waals surface area contributed by atoms with Gasteiger partial charge in [-0.25, -0.2) is 4.98 Å². The molecule has 2 heterocycles. The van der Waals surface area contributed by atoms with E-state index in [-0.39, 0.29) is 0 Å². The monoisotopic (exact) mass is 309 g/mol. The van der Waals surface area contributed by atoms with Crippen LogP contribution in [0.2, 0.25) is 0 Å². The van der Waals surface area contributed by atoms with E-state index >= 15 is 0 Å². The molecule has 1 aliphatic heterocycles. The Morgan fingerprint density at radius 1 is 1.40 bits per heavy atom. The van der Waals surface area contributed by atoms with Crippen molar-refractivity contribution in [2.45, 2.75) is 57.4 Å². The molecule has 0 amide bonds. The number of likely N-dealkylation sites (tertiary alicyclic amines) is 1. The fourth-order valence-corrected chi connectivity index (χ4v) is 4.24. The van der Waals surface area contributed by atoms with Gasteiger partial charge in [0.25, 0.3) is 0 Å². The number of hydrogen-bond donors (Lipinski definition) is 1. The summed E-state index contributed by atoms with van der Waals surface area (Å²) in [6, 6.07) is 0.724. The zero-order valence-electron chi connectivity index (χ0n) is 12.1. The van der Waals surface area contributed by atoms with E-state index in [1.165, 1.54) is 49.4 Å². The lowest BCUT2D eigenvalue weighted by Gasteiger charge is -2.33. The number of thiazole rings is 1. The summed E-state index contributed by atoms with van der Waals surface area (Å²) in [5, 5.41) is 1.22. The van der Waals surface area contributed by atoms with Gasteiger partial charge in [-0.2, -0.15) is 0 Å². The van der Waals surface area contributed by atoms with Crippen molar-refractivity contribution >= 4 is 28.5 Å². The van der Waals surface area contributed by atoms with Crippen LogP contribution in [0.4, 0.5) is 0 Å². The van der Waals surface area contributed by atoms with E-state index in [4.69, 9.17) is 22.9 Å². The minimum atomic E-state index is 0.530. The maximum Gasteiger partial charge on any atom is 0.116 e. The number of piperidine rings is 1. The van der Waals surface area contributed by atoms with Gasteiger partial charge >= 0.3 is 0 Å². The highest BCUT2D eigenvalue weighted by molar-refractivity contribution is 7.81. The summed E-state index contributed by atoms with van der Waals surface area (Å²) in [5.41, 5.74) is 7.03. The molecule has 1 unspecified atom stereocenters. The Morgan fingerprint density at radius 3 is 2.85 bits per heavy atom. The molecule has 20 heavy (non-hydrogen) atoms. The van der Waals surface area contributed by atoms with E-state index in [2.05, 4.69) is 11.8 Å². The first kappa shape index (κ1) is 14.4. The van der Waals surface area contributed by atoms with Gasteiger partial charge < -0.3 is 10.6 Å². The Morgan fingerprint density at radius 2 is 2.20 bits per heavy atom. The van der Waals surface area contributed by atoms with Crippen molar-refractivity contribution in [2.24, 2.45) is 5.73 Å². The highest BCUT2D eigenvalue weighted by Crippen LogP contribution is 2.42. The second kappa shape index (κ2) is 6.08. The van der Waals surface area contributed by atoms with Crippen molar-refractivity contribution in [1.82, 2.24) is 9.88 Å².